The molecule has 0 fully saturated rings. The van der Waals surface area contributed by atoms with Gasteiger partial charge in [0.1, 0.15) is 5.82 Å². The molecule has 2 aromatic rings. The summed E-state index contributed by atoms with van der Waals surface area (Å²) in [4.78, 5) is 0. The Labute approximate surface area is 99.7 Å². The fourth-order valence-electron chi connectivity index (χ4n) is 1.45. The monoisotopic (exact) mass is 285 g/mol. The van der Waals surface area contributed by atoms with E-state index >= 15 is 0 Å². The van der Waals surface area contributed by atoms with Crippen LogP contribution in [-0.4, -0.2) is 17.3 Å². The highest BCUT2D eigenvalue weighted by Crippen LogP contribution is 2.37. The summed E-state index contributed by atoms with van der Waals surface area (Å²) in [5, 5.41) is 6.51. The molecule has 0 aliphatic carbocycles. The van der Waals surface area contributed by atoms with Gasteiger partial charge in [-0.2, -0.15) is 5.10 Å². The SMILES string of the molecule is COc1c(F)ccc(Br)c1-c1cc(N)n[nH]1. The molecule has 0 spiro atoms. The summed E-state index contributed by atoms with van der Waals surface area (Å²) in [5.74, 6) is 0.0557. The van der Waals surface area contributed by atoms with Gasteiger partial charge in [-0.3, -0.25) is 5.10 Å². The maximum Gasteiger partial charge on any atom is 0.165 e. The van der Waals surface area contributed by atoms with Crippen molar-refractivity contribution in [1.82, 2.24) is 10.2 Å². The molecule has 4 nitrogen and oxygen atoms in total. The molecule has 0 aliphatic rings. The van der Waals surface area contributed by atoms with E-state index in [0.29, 0.717) is 21.5 Å². The number of halogens is 2. The Morgan fingerprint density at radius 3 is 2.81 bits per heavy atom. The van der Waals surface area contributed by atoms with Crippen LogP contribution in [0, 0.1) is 5.82 Å². The molecule has 0 amide bonds. The highest BCUT2D eigenvalue weighted by atomic mass is 79.9. The fraction of sp³-hybridized carbons (Fsp3) is 0.100. The number of benzene rings is 1. The third-order valence-corrected chi connectivity index (χ3v) is 2.79. The van der Waals surface area contributed by atoms with Crippen molar-refractivity contribution in [3.63, 3.8) is 0 Å². The second-order valence-corrected chi connectivity index (χ2v) is 4.00. The summed E-state index contributed by atoms with van der Waals surface area (Å²) < 4.78 is 19.2. The van der Waals surface area contributed by atoms with Crippen molar-refractivity contribution < 1.29 is 9.13 Å². The first-order chi connectivity index (χ1) is 7.63. The van der Waals surface area contributed by atoms with Crippen LogP contribution in [0.3, 0.4) is 0 Å². The van der Waals surface area contributed by atoms with Crippen molar-refractivity contribution in [2.45, 2.75) is 0 Å². The minimum Gasteiger partial charge on any atom is -0.493 e. The summed E-state index contributed by atoms with van der Waals surface area (Å²) in [7, 11) is 1.41. The molecule has 0 unspecified atom stereocenters. The molecule has 84 valence electrons. The number of H-pyrrole nitrogens is 1. The first-order valence-corrected chi connectivity index (χ1v) is 5.26. The number of aromatic amines is 1. The number of nitrogens with zero attached hydrogens (tertiary/aromatic N) is 1. The number of hydrogen-bond acceptors (Lipinski definition) is 3. The van der Waals surface area contributed by atoms with Crippen molar-refractivity contribution in [2.24, 2.45) is 0 Å². The summed E-state index contributed by atoms with van der Waals surface area (Å²) in [6, 6.07) is 4.54. The van der Waals surface area contributed by atoms with Gasteiger partial charge in [-0.1, -0.05) is 0 Å². The van der Waals surface area contributed by atoms with Crippen molar-refractivity contribution in [2.75, 3.05) is 12.8 Å². The van der Waals surface area contributed by atoms with Gasteiger partial charge in [0.15, 0.2) is 11.6 Å². The summed E-state index contributed by atoms with van der Waals surface area (Å²) in [6.45, 7) is 0. The number of nitrogens with two attached hydrogens (primary N) is 1. The zero-order valence-corrected chi connectivity index (χ0v) is 10.0. The smallest absolute Gasteiger partial charge is 0.165 e. The molecule has 0 aliphatic heterocycles. The molecule has 0 saturated heterocycles. The maximum absolute atomic E-state index is 13.5. The molecular weight excluding hydrogens is 277 g/mol. The second kappa shape index (κ2) is 4.13. The average Bonchev–Trinajstić information content (AvgIpc) is 2.67. The number of anilines is 1. The van der Waals surface area contributed by atoms with Gasteiger partial charge in [-0.15, -0.1) is 0 Å². The lowest BCUT2D eigenvalue weighted by Gasteiger charge is -2.09. The largest absolute Gasteiger partial charge is 0.493 e. The predicted molar refractivity (Wildman–Crippen MR) is 62.6 cm³/mol. The van der Waals surface area contributed by atoms with E-state index in [0.717, 1.165) is 0 Å². The number of hydrogen-bond donors (Lipinski definition) is 2. The Bertz CT molecular complexity index is 527. The second-order valence-electron chi connectivity index (χ2n) is 3.14. The van der Waals surface area contributed by atoms with Gasteiger partial charge in [0.05, 0.1) is 18.4 Å². The standard InChI is InChI=1S/C10H9BrFN3O/c1-16-10-6(12)3-2-5(11)9(10)7-4-8(13)15-14-7/h2-4H,1H3,(H3,13,14,15). The molecule has 0 atom stereocenters. The molecule has 3 N–H and O–H groups in total. The van der Waals surface area contributed by atoms with Gasteiger partial charge < -0.3 is 10.5 Å². The molecule has 1 aromatic heterocycles. The lowest BCUT2D eigenvalue weighted by molar-refractivity contribution is 0.388. The van der Waals surface area contributed by atoms with Gasteiger partial charge in [0.2, 0.25) is 0 Å². The fourth-order valence-corrected chi connectivity index (χ4v) is 1.97. The van der Waals surface area contributed by atoms with Crippen LogP contribution < -0.4 is 10.5 Å². The summed E-state index contributed by atoms with van der Waals surface area (Å²) in [5.41, 5.74) is 6.66. The van der Waals surface area contributed by atoms with Gasteiger partial charge in [0.25, 0.3) is 0 Å². The molecule has 16 heavy (non-hydrogen) atoms. The zero-order valence-electron chi connectivity index (χ0n) is 8.42. The van der Waals surface area contributed by atoms with Crippen molar-refractivity contribution in [3.8, 4) is 17.0 Å². The number of nitrogens with one attached hydrogen (secondary N) is 1. The first-order valence-electron chi connectivity index (χ1n) is 4.46. The van der Waals surface area contributed by atoms with Crippen LogP contribution in [0.25, 0.3) is 11.3 Å². The van der Waals surface area contributed by atoms with E-state index in [1.165, 1.54) is 13.2 Å². The lowest BCUT2D eigenvalue weighted by atomic mass is 10.1. The summed E-state index contributed by atoms with van der Waals surface area (Å²) >= 11 is 3.33. The van der Waals surface area contributed by atoms with Gasteiger partial charge in [-0.25, -0.2) is 4.39 Å². The van der Waals surface area contributed by atoms with Crippen LogP contribution in [0.4, 0.5) is 10.2 Å². The van der Waals surface area contributed by atoms with E-state index in [1.807, 2.05) is 0 Å². The molecule has 0 bridgehead atoms. The topological polar surface area (TPSA) is 63.9 Å². The third kappa shape index (κ3) is 1.76. The van der Waals surface area contributed by atoms with Gasteiger partial charge in [-0.05, 0) is 28.1 Å². The van der Waals surface area contributed by atoms with Crippen LogP contribution in [0.5, 0.6) is 5.75 Å². The van der Waals surface area contributed by atoms with E-state index in [-0.39, 0.29) is 5.75 Å². The number of methoxy groups -OCH3 is 1. The molecular formula is C10H9BrFN3O. The van der Waals surface area contributed by atoms with Crippen LogP contribution in [0.15, 0.2) is 22.7 Å². The minimum absolute atomic E-state index is 0.151. The number of nitrogen functional groups attached to an aromatic ring is 1. The van der Waals surface area contributed by atoms with Gasteiger partial charge >= 0.3 is 0 Å². The number of ether oxygens (including phenoxy) is 1. The molecule has 1 heterocycles. The van der Waals surface area contributed by atoms with Crippen LogP contribution in [-0.2, 0) is 0 Å². The van der Waals surface area contributed by atoms with E-state index in [2.05, 4.69) is 26.1 Å². The van der Waals surface area contributed by atoms with Gasteiger partial charge in [0, 0.05) is 10.5 Å². The Balaban J connectivity index is 2.67. The highest BCUT2D eigenvalue weighted by molar-refractivity contribution is 9.10. The number of rotatable bonds is 2. The van der Waals surface area contributed by atoms with Crippen LogP contribution >= 0.6 is 15.9 Å². The van der Waals surface area contributed by atoms with E-state index in [9.17, 15) is 4.39 Å². The van der Waals surface area contributed by atoms with Crippen molar-refractivity contribution in [1.29, 1.82) is 0 Å². The van der Waals surface area contributed by atoms with E-state index < -0.39 is 5.82 Å². The van der Waals surface area contributed by atoms with E-state index in [4.69, 9.17) is 10.5 Å². The van der Waals surface area contributed by atoms with Crippen molar-refractivity contribution in [3.05, 3.63) is 28.5 Å². The van der Waals surface area contributed by atoms with Crippen molar-refractivity contribution >= 4 is 21.7 Å². The first kappa shape index (κ1) is 10.9. The number of aromatic nitrogens is 2. The van der Waals surface area contributed by atoms with Crippen LogP contribution in [0.2, 0.25) is 0 Å². The molecule has 0 saturated carbocycles. The minimum atomic E-state index is -0.436. The Kier molecular flexibility index (Phi) is 2.82. The molecule has 6 heteroatoms. The molecule has 1 aromatic carbocycles. The molecule has 0 radical (unpaired) electrons. The van der Waals surface area contributed by atoms with E-state index in [1.54, 1.807) is 12.1 Å². The van der Waals surface area contributed by atoms with Crippen LogP contribution in [0.1, 0.15) is 0 Å². The summed E-state index contributed by atoms with van der Waals surface area (Å²) in [6.07, 6.45) is 0. The Morgan fingerprint density at radius 1 is 1.50 bits per heavy atom. The third-order valence-electron chi connectivity index (χ3n) is 2.13. The average molecular weight is 286 g/mol. The predicted octanol–water partition coefficient (Wildman–Crippen LogP) is 2.57. The molecule has 2 rings (SSSR count). The quantitative estimate of drug-likeness (QED) is 0.891. The Hall–Kier alpha value is -1.56. The maximum atomic E-state index is 13.5. The Morgan fingerprint density at radius 2 is 2.25 bits per heavy atom. The normalized spacial score (nSPS) is 10.4. The zero-order chi connectivity index (χ0) is 11.7. The lowest BCUT2D eigenvalue weighted by Crippen LogP contribution is -1.93. The highest BCUT2D eigenvalue weighted by Gasteiger charge is 2.16.